The van der Waals surface area contributed by atoms with Crippen molar-refractivity contribution >= 4 is 21.6 Å². The molecule has 10 nitrogen and oxygen atoms in total. The number of carbonyl (C=O) groups is 1. The number of benzene rings is 1. The number of nitrogens with one attached hydrogen (secondary N) is 1. The normalized spacial score (nSPS) is 15.7. The maximum atomic E-state index is 12.7. The third-order valence-electron chi connectivity index (χ3n) is 4.76. The number of amides is 1. The van der Waals surface area contributed by atoms with Crippen LogP contribution in [0.1, 0.15) is 6.92 Å². The summed E-state index contributed by atoms with van der Waals surface area (Å²) in [4.78, 5) is 14.4. The van der Waals surface area contributed by atoms with Gasteiger partial charge >= 0.3 is 6.61 Å². The molecule has 0 radical (unpaired) electrons. The van der Waals surface area contributed by atoms with Crippen LogP contribution in [0.25, 0.3) is 0 Å². The Kier molecular flexibility index (Phi) is 7.64. The predicted octanol–water partition coefficient (Wildman–Crippen LogP) is 1.37. The van der Waals surface area contributed by atoms with Gasteiger partial charge in [-0.2, -0.15) is 18.2 Å². The molecule has 2 aromatic rings. The van der Waals surface area contributed by atoms with E-state index in [0.29, 0.717) is 18.8 Å². The fourth-order valence-corrected chi connectivity index (χ4v) is 4.67. The van der Waals surface area contributed by atoms with Crippen LogP contribution in [-0.4, -0.2) is 79.3 Å². The minimum absolute atomic E-state index is 0.0556. The van der Waals surface area contributed by atoms with E-state index in [-0.39, 0.29) is 48.5 Å². The number of nitrogens with zero attached hydrogens (tertiary/aromatic N) is 4. The van der Waals surface area contributed by atoms with Crippen molar-refractivity contribution in [1.82, 2.24) is 19.0 Å². The molecule has 1 fully saturated rings. The number of ether oxygens (including phenoxy) is 2. The Balaban J connectivity index is 1.54. The van der Waals surface area contributed by atoms with Crippen molar-refractivity contribution in [1.29, 1.82) is 0 Å². The van der Waals surface area contributed by atoms with Crippen LogP contribution in [0.5, 0.6) is 11.5 Å². The zero-order valence-corrected chi connectivity index (χ0v) is 18.5. The SMILES string of the molecule is CCOc1cc(NC(=O)CN2CCN(S(=O)(=O)c3cnn(C)c3)CC2)ccc1OC(F)F. The van der Waals surface area contributed by atoms with E-state index in [2.05, 4.69) is 15.2 Å². The average molecular weight is 474 g/mol. The van der Waals surface area contributed by atoms with Gasteiger partial charge in [-0.05, 0) is 19.1 Å². The fraction of sp³-hybridized carbons (Fsp3) is 0.474. The largest absolute Gasteiger partial charge is 0.490 e. The molecule has 0 spiro atoms. The standard InChI is InChI=1S/C19H25F2N5O5S/c1-3-30-17-10-14(4-5-16(17)31-19(20)21)23-18(27)13-25-6-8-26(9-7-25)32(28,29)15-11-22-24(2)12-15/h4-5,10-12,19H,3,6-9,13H2,1-2H3,(H,23,27). The summed E-state index contributed by atoms with van der Waals surface area (Å²) in [5.41, 5.74) is 0.373. The number of hydrogen-bond acceptors (Lipinski definition) is 7. The van der Waals surface area contributed by atoms with Crippen LogP contribution < -0.4 is 14.8 Å². The van der Waals surface area contributed by atoms with Gasteiger partial charge in [0.1, 0.15) is 4.90 Å². The molecule has 32 heavy (non-hydrogen) atoms. The summed E-state index contributed by atoms with van der Waals surface area (Å²) in [6, 6.07) is 4.16. The van der Waals surface area contributed by atoms with Crippen molar-refractivity contribution < 1.29 is 31.5 Å². The first-order valence-electron chi connectivity index (χ1n) is 9.91. The summed E-state index contributed by atoms with van der Waals surface area (Å²) in [5, 5.41) is 6.59. The van der Waals surface area contributed by atoms with E-state index < -0.39 is 16.6 Å². The summed E-state index contributed by atoms with van der Waals surface area (Å²) >= 11 is 0. The number of alkyl halides is 2. The van der Waals surface area contributed by atoms with Crippen molar-refractivity contribution in [3.63, 3.8) is 0 Å². The van der Waals surface area contributed by atoms with Gasteiger partial charge in [0, 0.05) is 51.2 Å². The number of piperazine rings is 1. The molecule has 1 saturated heterocycles. The van der Waals surface area contributed by atoms with E-state index in [1.165, 1.54) is 39.6 Å². The Labute approximate surface area is 184 Å². The Hall–Kier alpha value is -2.77. The van der Waals surface area contributed by atoms with Gasteiger partial charge in [0.15, 0.2) is 11.5 Å². The number of rotatable bonds is 9. The summed E-state index contributed by atoms with van der Waals surface area (Å²) in [6.07, 6.45) is 2.76. The van der Waals surface area contributed by atoms with Gasteiger partial charge in [-0.1, -0.05) is 0 Å². The zero-order chi connectivity index (χ0) is 23.3. The van der Waals surface area contributed by atoms with Crippen molar-refractivity contribution in [2.24, 2.45) is 7.05 Å². The number of carbonyl (C=O) groups excluding carboxylic acids is 1. The molecule has 2 heterocycles. The molecule has 1 aromatic carbocycles. The van der Waals surface area contributed by atoms with Crippen molar-refractivity contribution in [3.8, 4) is 11.5 Å². The molecule has 176 valence electrons. The fourth-order valence-electron chi connectivity index (χ4n) is 3.26. The predicted molar refractivity (Wildman–Crippen MR) is 111 cm³/mol. The second-order valence-electron chi connectivity index (χ2n) is 7.05. The number of hydrogen-bond donors (Lipinski definition) is 1. The highest BCUT2D eigenvalue weighted by Gasteiger charge is 2.30. The van der Waals surface area contributed by atoms with E-state index in [0.717, 1.165) is 0 Å². The van der Waals surface area contributed by atoms with Gasteiger partial charge in [-0.25, -0.2) is 8.42 Å². The lowest BCUT2D eigenvalue weighted by molar-refractivity contribution is -0.117. The molecule has 0 bridgehead atoms. The number of anilines is 1. The molecule has 0 unspecified atom stereocenters. The van der Waals surface area contributed by atoms with E-state index in [9.17, 15) is 22.0 Å². The van der Waals surface area contributed by atoms with Crippen molar-refractivity contribution in [2.75, 3.05) is 44.6 Å². The Bertz CT molecular complexity index is 1040. The monoisotopic (exact) mass is 473 g/mol. The van der Waals surface area contributed by atoms with Crippen LogP contribution >= 0.6 is 0 Å². The topological polar surface area (TPSA) is 106 Å². The smallest absolute Gasteiger partial charge is 0.387 e. The van der Waals surface area contributed by atoms with Gasteiger partial charge in [-0.15, -0.1) is 0 Å². The minimum atomic E-state index is -3.62. The van der Waals surface area contributed by atoms with E-state index in [1.54, 1.807) is 14.0 Å². The number of sulfonamides is 1. The molecule has 0 atom stereocenters. The molecule has 1 aromatic heterocycles. The summed E-state index contributed by atoms with van der Waals surface area (Å²) in [5.74, 6) is -0.343. The first-order valence-corrected chi connectivity index (χ1v) is 11.4. The molecule has 1 N–H and O–H groups in total. The van der Waals surface area contributed by atoms with Crippen LogP contribution in [-0.2, 0) is 21.9 Å². The summed E-state index contributed by atoms with van der Waals surface area (Å²) in [6.45, 7) is 0.276. The van der Waals surface area contributed by atoms with Gasteiger partial charge < -0.3 is 14.8 Å². The Morgan fingerprint density at radius 2 is 1.94 bits per heavy atom. The Morgan fingerprint density at radius 1 is 1.22 bits per heavy atom. The van der Waals surface area contributed by atoms with Gasteiger partial charge in [-0.3, -0.25) is 14.4 Å². The molecule has 1 amide bonds. The maximum absolute atomic E-state index is 12.7. The van der Waals surface area contributed by atoms with Crippen LogP contribution in [0.4, 0.5) is 14.5 Å². The van der Waals surface area contributed by atoms with Crippen LogP contribution in [0.15, 0.2) is 35.5 Å². The quantitative estimate of drug-likeness (QED) is 0.586. The Morgan fingerprint density at radius 3 is 2.53 bits per heavy atom. The third-order valence-corrected chi connectivity index (χ3v) is 6.61. The molecule has 3 rings (SSSR count). The highest BCUT2D eigenvalue weighted by Crippen LogP contribution is 2.31. The second kappa shape index (κ2) is 10.2. The molecular formula is C19H25F2N5O5S. The number of halogens is 2. The van der Waals surface area contributed by atoms with Crippen LogP contribution in [0.3, 0.4) is 0 Å². The number of aromatic nitrogens is 2. The lowest BCUT2D eigenvalue weighted by Gasteiger charge is -2.33. The van der Waals surface area contributed by atoms with Crippen LogP contribution in [0.2, 0.25) is 0 Å². The minimum Gasteiger partial charge on any atom is -0.490 e. The molecule has 0 saturated carbocycles. The first kappa shape index (κ1) is 23.9. The molecular weight excluding hydrogens is 448 g/mol. The van der Waals surface area contributed by atoms with Crippen molar-refractivity contribution in [2.45, 2.75) is 18.4 Å². The van der Waals surface area contributed by atoms with Gasteiger partial charge in [0.05, 0.1) is 19.3 Å². The maximum Gasteiger partial charge on any atom is 0.387 e. The zero-order valence-electron chi connectivity index (χ0n) is 17.7. The van der Waals surface area contributed by atoms with Gasteiger partial charge in [0.2, 0.25) is 15.9 Å². The molecule has 0 aliphatic carbocycles. The van der Waals surface area contributed by atoms with Crippen molar-refractivity contribution in [3.05, 3.63) is 30.6 Å². The molecule has 1 aliphatic rings. The third kappa shape index (κ3) is 5.93. The van der Waals surface area contributed by atoms with E-state index in [1.807, 2.05) is 4.90 Å². The average Bonchev–Trinajstić information content (AvgIpc) is 3.17. The summed E-state index contributed by atoms with van der Waals surface area (Å²) < 4.78 is 62.8. The number of aryl methyl sites for hydroxylation is 1. The molecule has 13 heteroatoms. The highest BCUT2D eigenvalue weighted by molar-refractivity contribution is 7.89. The van der Waals surface area contributed by atoms with E-state index in [4.69, 9.17) is 4.74 Å². The molecule has 1 aliphatic heterocycles. The summed E-state index contributed by atoms with van der Waals surface area (Å²) in [7, 11) is -1.98. The highest BCUT2D eigenvalue weighted by atomic mass is 32.2. The van der Waals surface area contributed by atoms with E-state index >= 15 is 0 Å². The second-order valence-corrected chi connectivity index (χ2v) is 8.99. The first-order chi connectivity index (χ1) is 15.2. The lowest BCUT2D eigenvalue weighted by atomic mass is 10.2. The lowest BCUT2D eigenvalue weighted by Crippen LogP contribution is -2.50. The van der Waals surface area contributed by atoms with Crippen LogP contribution in [0, 0.1) is 0 Å². The van der Waals surface area contributed by atoms with Gasteiger partial charge in [0.25, 0.3) is 0 Å².